The molecule has 0 N–H and O–H groups in total. The van der Waals surface area contributed by atoms with Crippen LogP contribution in [0.2, 0.25) is 25.7 Å². The molecule has 0 nitrogen and oxygen atoms in total. The van der Waals surface area contributed by atoms with Crippen molar-refractivity contribution in [3.63, 3.8) is 0 Å². The predicted octanol–water partition coefficient (Wildman–Crippen LogP) is 3.57. The zero-order chi connectivity index (χ0) is 8.20. The van der Waals surface area contributed by atoms with Crippen LogP contribution in [0.4, 0.5) is 0 Å². The molecule has 0 saturated carbocycles. The minimum atomic E-state index is -0.755. The highest BCUT2D eigenvalue weighted by Gasteiger charge is 2.11. The van der Waals surface area contributed by atoms with Crippen LogP contribution in [-0.2, 0) is 0 Å². The van der Waals surface area contributed by atoms with Gasteiger partial charge in [-0.25, -0.2) is 0 Å². The monoisotopic (exact) mass is 157 g/mol. The Morgan fingerprint density at radius 3 is 2.00 bits per heavy atom. The van der Waals surface area contributed by atoms with E-state index < -0.39 is 8.07 Å². The van der Waals surface area contributed by atoms with Crippen molar-refractivity contribution in [3.8, 4) is 0 Å². The Hall–Kier alpha value is 0.217. The van der Waals surface area contributed by atoms with E-state index in [0.717, 1.165) is 5.92 Å². The Morgan fingerprint density at radius 2 is 1.70 bits per heavy atom. The quantitative estimate of drug-likeness (QED) is 0.547. The molecule has 0 atom stereocenters. The van der Waals surface area contributed by atoms with Gasteiger partial charge in [0.15, 0.2) is 0 Å². The first-order valence-electron chi connectivity index (χ1n) is 4.25. The average Bonchev–Trinajstić information content (AvgIpc) is 1.59. The second-order valence-corrected chi connectivity index (χ2v) is 10.2. The fourth-order valence-corrected chi connectivity index (χ4v) is 1.88. The SMILES string of the molecule is CC(C)[CH]CC[Si](C)(C)C. The van der Waals surface area contributed by atoms with Gasteiger partial charge in [0.2, 0.25) is 0 Å². The van der Waals surface area contributed by atoms with Gasteiger partial charge in [-0.1, -0.05) is 46.0 Å². The maximum atomic E-state index is 2.43. The van der Waals surface area contributed by atoms with Crippen molar-refractivity contribution < 1.29 is 0 Å². The van der Waals surface area contributed by atoms with Crippen molar-refractivity contribution in [1.82, 2.24) is 0 Å². The predicted molar refractivity (Wildman–Crippen MR) is 51.9 cm³/mol. The lowest BCUT2D eigenvalue weighted by Gasteiger charge is -2.15. The molecule has 0 aliphatic heterocycles. The molecule has 0 unspecified atom stereocenters. The molecule has 0 saturated heterocycles. The summed E-state index contributed by atoms with van der Waals surface area (Å²) in [4.78, 5) is 0. The smallest absolute Gasteiger partial charge is 0.0442 e. The van der Waals surface area contributed by atoms with Gasteiger partial charge in [-0.15, -0.1) is 0 Å². The van der Waals surface area contributed by atoms with Crippen molar-refractivity contribution in [1.29, 1.82) is 0 Å². The van der Waals surface area contributed by atoms with E-state index in [1.165, 1.54) is 12.5 Å². The van der Waals surface area contributed by atoms with Gasteiger partial charge in [-0.05, 0) is 12.3 Å². The highest BCUT2D eigenvalue weighted by Crippen LogP contribution is 2.14. The topological polar surface area (TPSA) is 0 Å². The minimum absolute atomic E-state index is 0.755. The third-order valence-electron chi connectivity index (χ3n) is 1.53. The number of hydrogen-bond acceptors (Lipinski definition) is 0. The summed E-state index contributed by atoms with van der Waals surface area (Å²) in [6, 6.07) is 1.45. The van der Waals surface area contributed by atoms with Gasteiger partial charge < -0.3 is 0 Å². The van der Waals surface area contributed by atoms with Gasteiger partial charge >= 0.3 is 0 Å². The molecule has 0 aliphatic carbocycles. The van der Waals surface area contributed by atoms with Crippen LogP contribution in [-0.4, -0.2) is 8.07 Å². The third-order valence-corrected chi connectivity index (χ3v) is 3.32. The second-order valence-electron chi connectivity index (χ2n) is 4.58. The molecule has 0 heterocycles. The molecule has 0 aromatic heterocycles. The Bertz CT molecular complexity index is 79.2. The largest absolute Gasteiger partial charge is 0.0695 e. The summed E-state index contributed by atoms with van der Waals surface area (Å²) in [5, 5.41) is 0. The highest BCUT2D eigenvalue weighted by molar-refractivity contribution is 6.76. The molecule has 1 heteroatoms. The van der Waals surface area contributed by atoms with Crippen LogP contribution < -0.4 is 0 Å². The van der Waals surface area contributed by atoms with Crippen molar-refractivity contribution in [2.24, 2.45) is 5.92 Å². The van der Waals surface area contributed by atoms with Gasteiger partial charge in [0.05, 0.1) is 0 Å². The molecule has 0 aliphatic rings. The van der Waals surface area contributed by atoms with Gasteiger partial charge in [-0.2, -0.15) is 0 Å². The zero-order valence-corrected chi connectivity index (χ0v) is 9.07. The maximum absolute atomic E-state index is 2.43. The molecular formula is C9H21Si. The van der Waals surface area contributed by atoms with Crippen molar-refractivity contribution in [2.45, 2.75) is 46.0 Å². The van der Waals surface area contributed by atoms with E-state index >= 15 is 0 Å². The summed E-state index contributed by atoms with van der Waals surface area (Å²) in [5.41, 5.74) is 0. The van der Waals surface area contributed by atoms with Crippen LogP contribution in [0.1, 0.15) is 20.3 Å². The molecule has 0 aromatic rings. The van der Waals surface area contributed by atoms with Crippen LogP contribution in [0.3, 0.4) is 0 Å². The van der Waals surface area contributed by atoms with Crippen LogP contribution in [0, 0.1) is 12.3 Å². The third kappa shape index (κ3) is 8.22. The lowest BCUT2D eigenvalue weighted by atomic mass is 10.1. The second kappa shape index (κ2) is 4.17. The van der Waals surface area contributed by atoms with E-state index in [1.54, 1.807) is 0 Å². The summed E-state index contributed by atoms with van der Waals surface area (Å²) in [7, 11) is -0.755. The van der Waals surface area contributed by atoms with Crippen LogP contribution in [0.25, 0.3) is 0 Å². The molecule has 0 rings (SSSR count). The first-order valence-corrected chi connectivity index (χ1v) is 7.96. The average molecular weight is 157 g/mol. The minimum Gasteiger partial charge on any atom is -0.0695 e. The molecule has 0 spiro atoms. The summed E-state index contributed by atoms with van der Waals surface area (Å²) >= 11 is 0. The number of hydrogen-bond donors (Lipinski definition) is 0. The molecule has 10 heavy (non-hydrogen) atoms. The Morgan fingerprint density at radius 1 is 1.20 bits per heavy atom. The first kappa shape index (κ1) is 10.2. The van der Waals surface area contributed by atoms with E-state index in [-0.39, 0.29) is 0 Å². The highest BCUT2D eigenvalue weighted by atomic mass is 28.3. The van der Waals surface area contributed by atoms with E-state index in [9.17, 15) is 0 Å². The van der Waals surface area contributed by atoms with Gasteiger partial charge in [-0.3, -0.25) is 0 Å². The molecule has 0 fully saturated rings. The van der Waals surface area contributed by atoms with Gasteiger partial charge in [0.1, 0.15) is 0 Å². The Labute approximate surface area is 67.0 Å². The molecule has 1 radical (unpaired) electrons. The summed E-state index contributed by atoms with van der Waals surface area (Å²) in [5.74, 6) is 0.774. The van der Waals surface area contributed by atoms with Crippen molar-refractivity contribution in [3.05, 3.63) is 6.42 Å². The summed E-state index contributed by atoms with van der Waals surface area (Å²) < 4.78 is 0. The Balaban J connectivity index is 3.21. The first-order chi connectivity index (χ1) is 4.42. The zero-order valence-electron chi connectivity index (χ0n) is 8.07. The van der Waals surface area contributed by atoms with Gasteiger partial charge in [0.25, 0.3) is 0 Å². The van der Waals surface area contributed by atoms with Crippen molar-refractivity contribution >= 4 is 8.07 Å². The fraction of sp³-hybridized carbons (Fsp3) is 0.889. The molecule has 0 aromatic carbocycles. The fourth-order valence-electron chi connectivity index (χ4n) is 0.850. The number of rotatable bonds is 4. The lowest BCUT2D eigenvalue weighted by Crippen LogP contribution is -2.18. The summed E-state index contributed by atoms with van der Waals surface area (Å²) in [6.07, 6.45) is 3.76. The van der Waals surface area contributed by atoms with Crippen LogP contribution in [0.5, 0.6) is 0 Å². The van der Waals surface area contributed by atoms with E-state index in [2.05, 4.69) is 39.9 Å². The van der Waals surface area contributed by atoms with E-state index in [0.29, 0.717) is 0 Å². The Kier molecular flexibility index (Phi) is 4.26. The normalized spacial score (nSPS) is 12.6. The molecule has 61 valence electrons. The molecular weight excluding hydrogens is 136 g/mol. The lowest BCUT2D eigenvalue weighted by molar-refractivity contribution is 0.720. The molecule has 0 amide bonds. The van der Waals surface area contributed by atoms with Gasteiger partial charge in [0, 0.05) is 8.07 Å². The molecule has 0 bridgehead atoms. The van der Waals surface area contributed by atoms with Crippen LogP contribution in [0.15, 0.2) is 0 Å². The van der Waals surface area contributed by atoms with E-state index in [1.807, 2.05) is 0 Å². The maximum Gasteiger partial charge on any atom is 0.0442 e. The van der Waals surface area contributed by atoms with Crippen LogP contribution >= 0.6 is 0 Å². The standard InChI is InChI=1S/C9H21Si/c1-9(2)7-6-8-10(3,4)5/h7,9H,6,8H2,1-5H3. The van der Waals surface area contributed by atoms with Crippen molar-refractivity contribution in [2.75, 3.05) is 0 Å². The van der Waals surface area contributed by atoms with E-state index in [4.69, 9.17) is 0 Å². The summed E-state index contributed by atoms with van der Waals surface area (Å²) in [6.45, 7) is 11.8.